The fraction of sp³-hybridized carbons (Fsp3) is 0.226. The second-order valence-electron chi connectivity index (χ2n) is 9.81. The van der Waals surface area contributed by atoms with Gasteiger partial charge < -0.3 is 24.4 Å². The van der Waals surface area contributed by atoms with Crippen LogP contribution in [-0.4, -0.2) is 59.3 Å². The molecule has 1 aliphatic heterocycles. The van der Waals surface area contributed by atoms with Crippen molar-refractivity contribution < 1.29 is 37.9 Å². The van der Waals surface area contributed by atoms with Crippen LogP contribution in [-0.2, 0) is 46.4 Å². The number of amides is 2. The van der Waals surface area contributed by atoms with Crippen molar-refractivity contribution in [2.45, 2.75) is 32.2 Å². The lowest BCUT2D eigenvalue weighted by molar-refractivity contribution is -0.167. The number of esters is 2. The molecule has 2 unspecified atom stereocenters. The molecule has 13 heteroatoms. The Morgan fingerprint density at radius 2 is 1.77 bits per heavy atom. The SMILES string of the molecule is CC(=O)OC(C(=O)Nc1ccc(-c2noc(=O)[nH]2)cc1)C1OCCN(c2cccc(CC(=O)OCc3ccccc3)c2)C1=O. The highest BCUT2D eigenvalue weighted by molar-refractivity contribution is 6.04. The molecule has 2 atom stereocenters. The fourth-order valence-electron chi connectivity index (χ4n) is 4.58. The average Bonchev–Trinajstić information content (AvgIpc) is 3.46. The van der Waals surface area contributed by atoms with Crippen LogP contribution in [0, 0.1) is 0 Å². The maximum atomic E-state index is 13.6. The van der Waals surface area contributed by atoms with Gasteiger partial charge in [-0.1, -0.05) is 47.6 Å². The van der Waals surface area contributed by atoms with Gasteiger partial charge in [-0.3, -0.25) is 28.7 Å². The summed E-state index contributed by atoms with van der Waals surface area (Å²) in [6.07, 6.45) is -3.02. The molecule has 1 saturated heterocycles. The van der Waals surface area contributed by atoms with E-state index in [1.165, 1.54) is 17.0 Å². The van der Waals surface area contributed by atoms with Gasteiger partial charge in [0.05, 0.1) is 13.0 Å². The molecule has 226 valence electrons. The van der Waals surface area contributed by atoms with Crippen LogP contribution in [0.3, 0.4) is 0 Å². The number of aromatic nitrogens is 2. The Morgan fingerprint density at radius 3 is 2.48 bits per heavy atom. The molecule has 2 heterocycles. The van der Waals surface area contributed by atoms with E-state index in [9.17, 15) is 24.0 Å². The summed E-state index contributed by atoms with van der Waals surface area (Å²) in [6, 6.07) is 22.4. The zero-order valence-corrected chi connectivity index (χ0v) is 23.6. The molecule has 1 aliphatic rings. The second kappa shape index (κ2) is 13.6. The van der Waals surface area contributed by atoms with E-state index in [1.54, 1.807) is 36.4 Å². The van der Waals surface area contributed by atoms with E-state index in [-0.39, 0.29) is 32.0 Å². The topological polar surface area (TPSA) is 170 Å². The van der Waals surface area contributed by atoms with Gasteiger partial charge in [-0.2, -0.15) is 0 Å². The normalized spacial score (nSPS) is 15.3. The number of morpholine rings is 1. The number of nitrogens with zero attached hydrogens (tertiary/aromatic N) is 2. The predicted molar refractivity (Wildman–Crippen MR) is 155 cm³/mol. The van der Waals surface area contributed by atoms with Crippen LogP contribution >= 0.6 is 0 Å². The Balaban J connectivity index is 1.26. The summed E-state index contributed by atoms with van der Waals surface area (Å²) >= 11 is 0. The Hall–Kier alpha value is -5.56. The molecular formula is C31H28N4O9. The van der Waals surface area contributed by atoms with Crippen LogP contribution in [0.15, 0.2) is 88.2 Å². The molecule has 0 saturated carbocycles. The second-order valence-corrected chi connectivity index (χ2v) is 9.81. The van der Waals surface area contributed by atoms with Gasteiger partial charge in [-0.25, -0.2) is 4.79 Å². The van der Waals surface area contributed by atoms with E-state index in [2.05, 4.69) is 20.0 Å². The highest BCUT2D eigenvalue weighted by Gasteiger charge is 2.42. The molecule has 4 aromatic rings. The van der Waals surface area contributed by atoms with Gasteiger partial charge in [0.1, 0.15) is 6.61 Å². The molecule has 0 bridgehead atoms. The minimum absolute atomic E-state index is 0.00730. The maximum absolute atomic E-state index is 13.6. The first-order chi connectivity index (χ1) is 21.3. The summed E-state index contributed by atoms with van der Waals surface area (Å²) in [6.45, 7) is 1.51. The first-order valence-corrected chi connectivity index (χ1v) is 13.6. The third-order valence-corrected chi connectivity index (χ3v) is 6.63. The molecule has 13 nitrogen and oxygen atoms in total. The fourth-order valence-corrected chi connectivity index (χ4v) is 4.58. The van der Waals surface area contributed by atoms with E-state index in [4.69, 9.17) is 14.2 Å². The third-order valence-electron chi connectivity index (χ3n) is 6.63. The Bertz CT molecular complexity index is 1700. The minimum Gasteiger partial charge on any atom is -0.461 e. The quantitative estimate of drug-likeness (QED) is 0.258. The van der Waals surface area contributed by atoms with Gasteiger partial charge >= 0.3 is 17.7 Å². The van der Waals surface area contributed by atoms with Gasteiger partial charge in [-0.05, 0) is 47.5 Å². The number of aromatic amines is 1. The Kier molecular flexibility index (Phi) is 9.25. The number of H-pyrrole nitrogens is 1. The Morgan fingerprint density at radius 1 is 1.02 bits per heavy atom. The number of carbonyl (C=O) groups is 4. The summed E-state index contributed by atoms with van der Waals surface area (Å²) in [7, 11) is 0. The minimum atomic E-state index is -1.59. The lowest BCUT2D eigenvalue weighted by Crippen LogP contribution is -2.56. The zero-order valence-electron chi connectivity index (χ0n) is 23.6. The van der Waals surface area contributed by atoms with Crippen LogP contribution in [0.4, 0.5) is 11.4 Å². The molecule has 0 radical (unpaired) electrons. The molecule has 0 spiro atoms. The van der Waals surface area contributed by atoms with E-state index in [0.717, 1.165) is 12.5 Å². The monoisotopic (exact) mass is 600 g/mol. The average molecular weight is 601 g/mol. The molecule has 44 heavy (non-hydrogen) atoms. The van der Waals surface area contributed by atoms with E-state index < -0.39 is 41.7 Å². The summed E-state index contributed by atoms with van der Waals surface area (Å²) in [5.74, 6) is -3.07. The lowest BCUT2D eigenvalue weighted by Gasteiger charge is -2.35. The Labute approximate surface area is 250 Å². The number of hydrogen-bond acceptors (Lipinski definition) is 10. The number of rotatable bonds is 10. The first-order valence-electron chi connectivity index (χ1n) is 13.6. The molecule has 5 rings (SSSR count). The van der Waals surface area contributed by atoms with Crippen molar-refractivity contribution in [2.75, 3.05) is 23.4 Å². The maximum Gasteiger partial charge on any atom is 0.439 e. The number of ether oxygens (including phenoxy) is 3. The molecule has 1 fully saturated rings. The van der Waals surface area contributed by atoms with Crippen LogP contribution in [0.1, 0.15) is 18.1 Å². The van der Waals surface area contributed by atoms with Crippen LogP contribution in [0.5, 0.6) is 0 Å². The highest BCUT2D eigenvalue weighted by Crippen LogP contribution is 2.24. The zero-order chi connectivity index (χ0) is 31.1. The summed E-state index contributed by atoms with van der Waals surface area (Å²) in [5, 5.41) is 6.23. The van der Waals surface area contributed by atoms with E-state index in [1.807, 2.05) is 30.3 Å². The van der Waals surface area contributed by atoms with Crippen molar-refractivity contribution >= 4 is 35.1 Å². The molecule has 3 aromatic carbocycles. The number of benzene rings is 3. The van der Waals surface area contributed by atoms with Crippen molar-refractivity contribution in [2.24, 2.45) is 0 Å². The standard InChI is InChI=1S/C31H28N4O9/c1-19(36)43-26(29(38)32-23-12-10-22(11-13-23)28-33-31(40)44-34-28)27-30(39)35(14-15-41-27)24-9-5-8-21(16-24)17-25(37)42-18-20-6-3-2-4-7-20/h2-13,16,26-27H,14-15,17-18H2,1H3,(H,32,38)(H,33,34,40). The summed E-state index contributed by atoms with van der Waals surface area (Å²) < 4.78 is 20.8. The largest absolute Gasteiger partial charge is 0.461 e. The smallest absolute Gasteiger partial charge is 0.439 e. The van der Waals surface area contributed by atoms with E-state index in [0.29, 0.717) is 22.5 Å². The molecular weight excluding hydrogens is 572 g/mol. The first kappa shape index (κ1) is 29.9. The van der Waals surface area contributed by atoms with Crippen molar-refractivity contribution in [3.05, 3.63) is 101 Å². The van der Waals surface area contributed by atoms with Gasteiger partial charge in [0, 0.05) is 30.4 Å². The summed E-state index contributed by atoms with van der Waals surface area (Å²) in [5.41, 5.74) is 2.84. The van der Waals surface area contributed by atoms with Crippen molar-refractivity contribution in [3.8, 4) is 11.4 Å². The van der Waals surface area contributed by atoms with Crippen LogP contribution in [0.2, 0.25) is 0 Å². The lowest BCUT2D eigenvalue weighted by atomic mass is 10.1. The van der Waals surface area contributed by atoms with Crippen LogP contribution in [0.25, 0.3) is 11.4 Å². The van der Waals surface area contributed by atoms with Crippen LogP contribution < -0.4 is 16.0 Å². The van der Waals surface area contributed by atoms with Gasteiger partial charge in [0.15, 0.2) is 11.9 Å². The van der Waals surface area contributed by atoms with E-state index >= 15 is 0 Å². The van der Waals surface area contributed by atoms with Gasteiger partial charge in [-0.15, -0.1) is 0 Å². The predicted octanol–water partition coefficient (Wildman–Crippen LogP) is 2.62. The number of carbonyl (C=O) groups excluding carboxylic acids is 4. The van der Waals surface area contributed by atoms with Gasteiger partial charge in [0.25, 0.3) is 11.8 Å². The molecule has 2 amide bonds. The van der Waals surface area contributed by atoms with Gasteiger partial charge in [0.2, 0.25) is 6.10 Å². The summed E-state index contributed by atoms with van der Waals surface area (Å²) in [4.78, 5) is 66.3. The van der Waals surface area contributed by atoms with Crippen molar-refractivity contribution in [1.29, 1.82) is 0 Å². The molecule has 2 N–H and O–H groups in total. The third kappa shape index (κ3) is 7.44. The molecule has 1 aromatic heterocycles. The van der Waals surface area contributed by atoms with Crippen molar-refractivity contribution in [1.82, 2.24) is 10.1 Å². The number of hydrogen-bond donors (Lipinski definition) is 2. The highest BCUT2D eigenvalue weighted by atomic mass is 16.6. The molecule has 0 aliphatic carbocycles. The van der Waals surface area contributed by atoms with Crippen molar-refractivity contribution in [3.63, 3.8) is 0 Å². The number of nitrogens with one attached hydrogen (secondary N) is 2. The number of anilines is 2.